The van der Waals surface area contributed by atoms with E-state index in [-0.39, 0.29) is 17.9 Å². The van der Waals surface area contributed by atoms with E-state index in [0.29, 0.717) is 18.0 Å². The molecule has 1 saturated carbocycles. The number of nitrogens with one attached hydrogen (secondary N) is 1. The Hall–Kier alpha value is -3.56. The molecule has 3 N–H and O–H groups in total. The fourth-order valence-corrected chi connectivity index (χ4v) is 3.96. The van der Waals surface area contributed by atoms with Gasteiger partial charge in [0.25, 0.3) is 0 Å². The largest absolute Gasteiger partial charge is 0.586 e. The molecule has 3 aliphatic rings. The number of ether oxygens (including phenoxy) is 3. The minimum absolute atomic E-state index is 0.0178. The van der Waals surface area contributed by atoms with Crippen LogP contribution in [0.4, 0.5) is 14.5 Å². The number of rotatable bonds is 4. The first-order chi connectivity index (χ1) is 15.5. The van der Waals surface area contributed by atoms with Gasteiger partial charge in [-0.3, -0.25) is 4.79 Å². The average Bonchev–Trinajstić information content (AvgIpc) is 3.47. The van der Waals surface area contributed by atoms with E-state index < -0.39 is 6.29 Å². The molecule has 0 saturated heterocycles. The van der Waals surface area contributed by atoms with Crippen molar-refractivity contribution in [3.8, 4) is 28.6 Å². The number of halogens is 2. The number of fused-ring (bicyclic) bond motifs is 1. The lowest BCUT2D eigenvalue weighted by molar-refractivity contribution is -0.286. The van der Waals surface area contributed by atoms with Gasteiger partial charge < -0.3 is 29.8 Å². The van der Waals surface area contributed by atoms with Crippen molar-refractivity contribution in [2.24, 2.45) is 11.7 Å². The molecule has 0 bridgehead atoms. The summed E-state index contributed by atoms with van der Waals surface area (Å²) >= 11 is 0. The number of aryl methyl sites for hydroxylation is 1. The van der Waals surface area contributed by atoms with E-state index in [4.69, 9.17) is 14.5 Å². The molecule has 1 fully saturated rings. The van der Waals surface area contributed by atoms with Crippen LogP contribution in [0.25, 0.3) is 22.4 Å². The van der Waals surface area contributed by atoms with Gasteiger partial charge in [-0.25, -0.2) is 4.98 Å². The minimum Gasteiger partial charge on any atom is -0.491 e. The number of amides is 1. The van der Waals surface area contributed by atoms with Crippen LogP contribution >= 0.6 is 0 Å². The van der Waals surface area contributed by atoms with Crippen LogP contribution in [0.1, 0.15) is 19.3 Å². The van der Waals surface area contributed by atoms with Gasteiger partial charge in [0.15, 0.2) is 11.5 Å². The van der Waals surface area contributed by atoms with Gasteiger partial charge in [-0.05, 0) is 49.4 Å². The van der Waals surface area contributed by atoms with Crippen molar-refractivity contribution in [2.75, 3.05) is 18.5 Å². The van der Waals surface area contributed by atoms with E-state index >= 15 is 0 Å². The van der Waals surface area contributed by atoms with E-state index in [9.17, 15) is 8.78 Å². The van der Waals surface area contributed by atoms with Gasteiger partial charge in [-0.1, -0.05) is 0 Å². The quantitative estimate of drug-likeness (QED) is 0.595. The number of hydrogen-bond acceptors (Lipinski definition) is 6. The fourth-order valence-electron chi connectivity index (χ4n) is 3.96. The molecular formula is C22H22F2N4O4. The molecule has 6 rings (SSSR count). The zero-order valence-electron chi connectivity index (χ0n) is 17.1. The summed E-state index contributed by atoms with van der Waals surface area (Å²) in [5.74, 6) is 2.30. The van der Waals surface area contributed by atoms with Gasteiger partial charge in [0, 0.05) is 30.4 Å². The maximum absolute atomic E-state index is 13.4. The summed E-state index contributed by atoms with van der Waals surface area (Å²) in [6, 6.07) is 8.83. The van der Waals surface area contributed by atoms with Gasteiger partial charge >= 0.3 is 6.29 Å². The van der Waals surface area contributed by atoms with E-state index in [0.717, 1.165) is 47.9 Å². The van der Waals surface area contributed by atoms with Crippen LogP contribution < -0.4 is 25.3 Å². The summed E-state index contributed by atoms with van der Waals surface area (Å²) in [5, 5.41) is 3.48. The number of hydrogen-bond donors (Lipinski definition) is 2. The number of primary amides is 1. The Balaban J connectivity index is 0.000000684. The fraction of sp³-hybridized carbons (Fsp3) is 0.364. The first kappa shape index (κ1) is 20.3. The number of nitrogens with two attached hydrogens (primary N) is 1. The third-order valence-electron chi connectivity index (χ3n) is 5.54. The summed E-state index contributed by atoms with van der Waals surface area (Å²) in [4.78, 5) is 13.4. The molecule has 3 heterocycles. The predicted octanol–water partition coefficient (Wildman–Crippen LogP) is 3.73. The number of alkyl halides is 2. The Morgan fingerprint density at radius 1 is 1.19 bits per heavy atom. The first-order valence-corrected chi connectivity index (χ1v) is 10.4. The number of benzene rings is 2. The van der Waals surface area contributed by atoms with Crippen LogP contribution in [-0.2, 0) is 11.3 Å². The van der Waals surface area contributed by atoms with Crippen molar-refractivity contribution >= 4 is 23.1 Å². The predicted molar refractivity (Wildman–Crippen MR) is 113 cm³/mol. The zero-order chi connectivity index (χ0) is 22.3. The van der Waals surface area contributed by atoms with Crippen molar-refractivity contribution in [3.63, 3.8) is 0 Å². The van der Waals surface area contributed by atoms with E-state index in [2.05, 4.69) is 25.1 Å². The molecule has 0 radical (unpaired) electrons. The second-order valence-electron chi connectivity index (χ2n) is 7.92. The molecule has 8 nitrogen and oxygen atoms in total. The second-order valence-corrected chi connectivity index (χ2v) is 7.92. The Morgan fingerprint density at radius 2 is 1.97 bits per heavy atom. The topological polar surface area (TPSA) is 101 Å². The van der Waals surface area contributed by atoms with Gasteiger partial charge in [0.05, 0.1) is 12.1 Å². The number of carbonyl (C=O) groups is 1. The molecule has 1 amide bonds. The SMILES string of the molecule is FC1(F)Oc2ccc(-c3nc4cc(NCC5CC5)cc5c4n3CCCO5)cc2O1.NC=O. The van der Waals surface area contributed by atoms with Crippen LogP contribution in [0.3, 0.4) is 0 Å². The van der Waals surface area contributed by atoms with Crippen LogP contribution in [0.2, 0.25) is 0 Å². The highest BCUT2D eigenvalue weighted by molar-refractivity contribution is 5.89. The smallest absolute Gasteiger partial charge is 0.491 e. The molecule has 32 heavy (non-hydrogen) atoms. The highest BCUT2D eigenvalue weighted by Gasteiger charge is 2.43. The molecule has 0 spiro atoms. The van der Waals surface area contributed by atoms with Crippen molar-refractivity contribution < 1.29 is 27.8 Å². The summed E-state index contributed by atoms with van der Waals surface area (Å²) in [5.41, 5.74) is 7.60. The van der Waals surface area contributed by atoms with Crippen LogP contribution in [-0.4, -0.2) is 35.4 Å². The molecule has 168 valence electrons. The van der Waals surface area contributed by atoms with Crippen molar-refractivity contribution in [3.05, 3.63) is 30.3 Å². The molecule has 0 unspecified atom stereocenters. The van der Waals surface area contributed by atoms with E-state index in [1.807, 2.05) is 12.1 Å². The van der Waals surface area contributed by atoms with Crippen molar-refractivity contribution in [1.29, 1.82) is 0 Å². The summed E-state index contributed by atoms with van der Waals surface area (Å²) in [6.07, 6.45) is 0.00875. The Labute approximate surface area is 182 Å². The normalized spacial score (nSPS) is 17.7. The monoisotopic (exact) mass is 444 g/mol. The number of imidazole rings is 1. The van der Waals surface area contributed by atoms with E-state index in [1.54, 1.807) is 12.1 Å². The Morgan fingerprint density at radius 3 is 2.75 bits per heavy atom. The highest BCUT2D eigenvalue weighted by atomic mass is 19.3. The molecule has 1 aromatic heterocycles. The number of aromatic nitrogens is 2. The molecule has 2 aromatic carbocycles. The summed E-state index contributed by atoms with van der Waals surface area (Å²) in [6.45, 7) is 2.31. The third-order valence-corrected chi connectivity index (χ3v) is 5.54. The van der Waals surface area contributed by atoms with Crippen LogP contribution in [0.5, 0.6) is 17.2 Å². The summed E-state index contributed by atoms with van der Waals surface area (Å²) < 4.78 is 44.0. The number of carbonyl (C=O) groups excluding carboxylic acids is 1. The molecule has 2 aliphatic heterocycles. The first-order valence-electron chi connectivity index (χ1n) is 10.4. The maximum atomic E-state index is 13.4. The lowest BCUT2D eigenvalue weighted by atomic mass is 10.2. The second kappa shape index (κ2) is 7.85. The maximum Gasteiger partial charge on any atom is 0.586 e. The molecule has 10 heteroatoms. The highest BCUT2D eigenvalue weighted by Crippen LogP contribution is 2.44. The minimum atomic E-state index is -3.63. The Bertz CT molecular complexity index is 1180. The van der Waals surface area contributed by atoms with Crippen LogP contribution in [0, 0.1) is 5.92 Å². The number of nitrogens with zero attached hydrogens (tertiary/aromatic N) is 2. The third kappa shape index (κ3) is 3.88. The molecule has 0 atom stereocenters. The van der Waals surface area contributed by atoms with Gasteiger partial charge in [-0.2, -0.15) is 0 Å². The van der Waals surface area contributed by atoms with Gasteiger partial charge in [0.1, 0.15) is 17.1 Å². The lowest BCUT2D eigenvalue weighted by Gasteiger charge is -2.10. The van der Waals surface area contributed by atoms with Crippen molar-refractivity contribution in [1.82, 2.24) is 9.55 Å². The van der Waals surface area contributed by atoms with Gasteiger partial charge in [-0.15, -0.1) is 8.78 Å². The van der Waals surface area contributed by atoms with Crippen LogP contribution in [0.15, 0.2) is 30.3 Å². The zero-order valence-corrected chi connectivity index (χ0v) is 17.1. The molecule has 1 aliphatic carbocycles. The van der Waals surface area contributed by atoms with E-state index in [1.165, 1.54) is 18.9 Å². The standard InChI is InChI=1S/C21H19F2N3O3.CH3NO/c22-21(23)28-16-5-4-13(8-17(16)29-21)20-25-15-9-14(24-11-12-2-3-12)10-18-19(15)26(20)6-1-7-27-18;2-1-3/h4-5,8-10,12,24H,1-3,6-7,11H2;1H,(H2,2,3). The lowest BCUT2D eigenvalue weighted by Crippen LogP contribution is -2.25. The summed E-state index contributed by atoms with van der Waals surface area (Å²) in [7, 11) is 0. The van der Waals surface area contributed by atoms with Gasteiger partial charge in [0.2, 0.25) is 6.41 Å². The molecular weight excluding hydrogens is 422 g/mol. The molecule has 3 aromatic rings. The average molecular weight is 444 g/mol. The number of anilines is 1. The van der Waals surface area contributed by atoms with Crippen molar-refractivity contribution in [2.45, 2.75) is 32.1 Å². The Kier molecular flexibility index (Phi) is 4.99.